The molecule has 0 aliphatic carbocycles. The molecule has 0 aromatic rings. The maximum absolute atomic E-state index is 10.7. The Morgan fingerprint density at radius 2 is 2.21 bits per heavy atom. The van der Waals surface area contributed by atoms with Gasteiger partial charge in [-0.05, 0) is 20.3 Å². The largest absolute Gasteiger partial charge is 0.496 e. The van der Waals surface area contributed by atoms with Gasteiger partial charge in [-0.1, -0.05) is 6.58 Å². The lowest BCUT2D eigenvalue weighted by Gasteiger charge is -2.14. The van der Waals surface area contributed by atoms with E-state index in [0.717, 1.165) is 6.42 Å². The summed E-state index contributed by atoms with van der Waals surface area (Å²) in [4.78, 5) is 10.7. The minimum atomic E-state index is 0.0884. The molecule has 1 unspecified atom stereocenters. The fourth-order valence-corrected chi connectivity index (χ4v) is 1.00. The summed E-state index contributed by atoms with van der Waals surface area (Å²) in [6.45, 7) is 7.27. The monoisotopic (exact) mass is 194 g/mol. The van der Waals surface area contributed by atoms with Gasteiger partial charge in [0.2, 0.25) is 0 Å². The van der Waals surface area contributed by atoms with Gasteiger partial charge in [-0.15, -0.1) is 12.3 Å². The second kappa shape index (κ2) is 7.20. The van der Waals surface area contributed by atoms with E-state index in [9.17, 15) is 4.79 Å². The van der Waals surface area contributed by atoms with E-state index in [-0.39, 0.29) is 11.9 Å². The van der Waals surface area contributed by atoms with Gasteiger partial charge in [0, 0.05) is 19.3 Å². The highest BCUT2D eigenvalue weighted by molar-refractivity contribution is 5.75. The van der Waals surface area contributed by atoms with Crippen molar-refractivity contribution in [1.82, 2.24) is 0 Å². The van der Waals surface area contributed by atoms with Crippen LogP contribution in [0, 0.1) is 12.3 Å². The molecule has 14 heavy (non-hydrogen) atoms. The highest BCUT2D eigenvalue weighted by Crippen LogP contribution is 2.11. The normalized spacial score (nSPS) is 11.5. The van der Waals surface area contributed by atoms with Crippen LogP contribution in [0.1, 0.15) is 39.5 Å². The minimum absolute atomic E-state index is 0.0884. The molecule has 0 aromatic carbocycles. The van der Waals surface area contributed by atoms with E-state index in [1.54, 1.807) is 6.92 Å². The molecule has 0 amide bonds. The van der Waals surface area contributed by atoms with E-state index in [0.29, 0.717) is 25.0 Å². The Morgan fingerprint density at radius 3 is 2.71 bits per heavy atom. The van der Waals surface area contributed by atoms with Crippen LogP contribution in [0.2, 0.25) is 0 Å². The quantitative estimate of drug-likeness (QED) is 0.460. The van der Waals surface area contributed by atoms with E-state index in [2.05, 4.69) is 12.5 Å². The zero-order chi connectivity index (χ0) is 11.0. The molecule has 78 valence electrons. The molecule has 0 heterocycles. The van der Waals surface area contributed by atoms with Crippen molar-refractivity contribution in [1.29, 1.82) is 0 Å². The third-order valence-electron chi connectivity index (χ3n) is 1.82. The van der Waals surface area contributed by atoms with Crippen LogP contribution in [0.5, 0.6) is 0 Å². The number of allylic oxidation sites excluding steroid dienone is 1. The molecular weight excluding hydrogens is 176 g/mol. The lowest BCUT2D eigenvalue weighted by molar-refractivity contribution is -0.117. The fraction of sp³-hybridized carbons (Fsp3) is 0.583. The first-order valence-electron chi connectivity index (χ1n) is 4.83. The highest BCUT2D eigenvalue weighted by Gasteiger charge is 2.04. The predicted octanol–water partition coefficient (Wildman–Crippen LogP) is 2.69. The Kier molecular flexibility index (Phi) is 6.57. The summed E-state index contributed by atoms with van der Waals surface area (Å²) in [5.41, 5.74) is 0. The van der Waals surface area contributed by atoms with Gasteiger partial charge in [-0.2, -0.15) is 0 Å². The van der Waals surface area contributed by atoms with Crippen LogP contribution in [0.25, 0.3) is 0 Å². The highest BCUT2D eigenvalue weighted by atomic mass is 16.5. The zero-order valence-electron chi connectivity index (χ0n) is 9.01. The summed E-state index contributed by atoms with van der Waals surface area (Å²) in [7, 11) is 0. The number of hydrogen-bond acceptors (Lipinski definition) is 2. The minimum Gasteiger partial charge on any atom is -0.496 e. The number of terminal acetylenes is 1. The van der Waals surface area contributed by atoms with Crippen LogP contribution in [0.3, 0.4) is 0 Å². The lowest BCUT2D eigenvalue weighted by Crippen LogP contribution is -2.07. The molecular formula is C12H18O2. The van der Waals surface area contributed by atoms with Crippen molar-refractivity contribution in [2.75, 3.05) is 0 Å². The third kappa shape index (κ3) is 7.42. The smallest absolute Gasteiger partial charge is 0.130 e. The second-order valence-electron chi connectivity index (χ2n) is 3.41. The maximum atomic E-state index is 10.7. The van der Waals surface area contributed by atoms with E-state index >= 15 is 0 Å². The van der Waals surface area contributed by atoms with E-state index in [1.807, 2.05) is 6.92 Å². The Morgan fingerprint density at radius 1 is 1.57 bits per heavy atom. The predicted molar refractivity (Wildman–Crippen MR) is 57.7 cm³/mol. The average molecular weight is 194 g/mol. The van der Waals surface area contributed by atoms with Gasteiger partial charge in [0.25, 0.3) is 0 Å². The maximum Gasteiger partial charge on any atom is 0.130 e. The summed E-state index contributed by atoms with van der Waals surface area (Å²) in [5.74, 6) is 3.39. The molecule has 0 aromatic heterocycles. The molecule has 0 N–H and O–H groups in total. The summed E-state index contributed by atoms with van der Waals surface area (Å²) >= 11 is 0. The SMILES string of the molecule is C#CCCC(C)OC(=C)CCC(C)=O. The van der Waals surface area contributed by atoms with Gasteiger partial charge in [0.1, 0.15) is 5.78 Å². The van der Waals surface area contributed by atoms with Crippen molar-refractivity contribution >= 4 is 5.78 Å². The van der Waals surface area contributed by atoms with Crippen LogP contribution in [-0.4, -0.2) is 11.9 Å². The van der Waals surface area contributed by atoms with Crippen molar-refractivity contribution in [3.05, 3.63) is 12.3 Å². The summed E-state index contributed by atoms with van der Waals surface area (Å²) < 4.78 is 5.46. The Bertz CT molecular complexity index is 235. The van der Waals surface area contributed by atoms with E-state index in [1.165, 1.54) is 0 Å². The van der Waals surface area contributed by atoms with E-state index in [4.69, 9.17) is 11.2 Å². The fourth-order valence-electron chi connectivity index (χ4n) is 1.00. The van der Waals surface area contributed by atoms with Crippen LogP contribution in [-0.2, 0) is 9.53 Å². The molecule has 0 radical (unpaired) electrons. The molecule has 0 fully saturated rings. The van der Waals surface area contributed by atoms with Gasteiger partial charge in [-0.3, -0.25) is 0 Å². The molecule has 2 nitrogen and oxygen atoms in total. The molecule has 2 heteroatoms. The Hall–Kier alpha value is -1.23. The van der Waals surface area contributed by atoms with Crippen LogP contribution in [0.4, 0.5) is 0 Å². The van der Waals surface area contributed by atoms with E-state index < -0.39 is 0 Å². The Balaban J connectivity index is 3.61. The summed E-state index contributed by atoms with van der Waals surface area (Å²) in [6.07, 6.45) is 7.87. The van der Waals surface area contributed by atoms with Gasteiger partial charge < -0.3 is 9.53 Å². The van der Waals surface area contributed by atoms with Crippen LogP contribution < -0.4 is 0 Å². The van der Waals surface area contributed by atoms with Crippen LogP contribution >= 0.6 is 0 Å². The van der Waals surface area contributed by atoms with Crippen molar-refractivity contribution < 1.29 is 9.53 Å². The molecule has 0 aliphatic rings. The zero-order valence-corrected chi connectivity index (χ0v) is 9.01. The van der Waals surface area contributed by atoms with Crippen molar-refractivity contribution in [2.45, 2.75) is 45.6 Å². The molecule has 0 rings (SSSR count). The number of hydrogen-bond donors (Lipinski definition) is 0. The molecule has 0 aliphatic heterocycles. The Labute approximate surface area is 86.3 Å². The number of rotatable bonds is 7. The first-order chi connectivity index (χ1) is 6.56. The second-order valence-corrected chi connectivity index (χ2v) is 3.41. The lowest BCUT2D eigenvalue weighted by atomic mass is 10.2. The molecule has 0 saturated carbocycles. The number of carbonyl (C=O) groups is 1. The van der Waals surface area contributed by atoms with Gasteiger partial charge in [-0.25, -0.2) is 0 Å². The average Bonchev–Trinajstić information content (AvgIpc) is 2.11. The van der Waals surface area contributed by atoms with Crippen LogP contribution in [0.15, 0.2) is 12.3 Å². The van der Waals surface area contributed by atoms with Gasteiger partial charge in [0.15, 0.2) is 0 Å². The van der Waals surface area contributed by atoms with Gasteiger partial charge in [0.05, 0.1) is 11.9 Å². The summed E-state index contributed by atoms with van der Waals surface area (Å²) in [5, 5.41) is 0. The third-order valence-corrected chi connectivity index (χ3v) is 1.82. The number of ketones is 1. The molecule has 0 spiro atoms. The van der Waals surface area contributed by atoms with Gasteiger partial charge >= 0.3 is 0 Å². The standard InChI is InChI=1S/C12H18O2/c1-5-6-7-11(3)14-12(4)9-8-10(2)13/h1,11H,4,6-9H2,2-3H3. The molecule has 0 saturated heterocycles. The van der Waals surface area contributed by atoms with Crippen molar-refractivity contribution in [3.63, 3.8) is 0 Å². The first-order valence-corrected chi connectivity index (χ1v) is 4.83. The first kappa shape index (κ1) is 12.8. The summed E-state index contributed by atoms with van der Waals surface area (Å²) in [6, 6.07) is 0. The molecule has 1 atom stereocenters. The number of Topliss-reactive ketones (excluding diaryl/α,β-unsaturated/α-hetero) is 1. The number of carbonyl (C=O) groups excluding carboxylic acids is 1. The molecule has 0 bridgehead atoms. The van der Waals surface area contributed by atoms with Crippen molar-refractivity contribution in [2.24, 2.45) is 0 Å². The topological polar surface area (TPSA) is 26.3 Å². The van der Waals surface area contributed by atoms with Crippen molar-refractivity contribution in [3.8, 4) is 12.3 Å². The number of ether oxygens (including phenoxy) is 1.